The van der Waals surface area contributed by atoms with Crippen molar-refractivity contribution < 1.29 is 24.5 Å². The molecule has 1 fully saturated rings. The Bertz CT molecular complexity index is 1960. The number of hydrogen-bond donors (Lipinski definition) is 4. The van der Waals surface area contributed by atoms with Crippen molar-refractivity contribution in [3.05, 3.63) is 82.5 Å². The van der Waals surface area contributed by atoms with Crippen LogP contribution in [0.3, 0.4) is 0 Å². The standard InChI is InChI=1S/C34H34N4O5/c1-7-20-17(3)23-13-24-19(5)22(9-10-31(39)40)28(37-24)16-30-34(12-11-32(41)43-34)33(6,42)29(38-30)15-27-21(8-2)18(4)25(36-27)14-26(20)35-23/h7-8,13-16,35-36,42H,1-2,9-12H2,3-6H3,(H,39,40)/t33-,34-/m0/s1. The number of aliphatic carboxylic acids is 1. The normalized spacial score (nSPS) is 21.4. The van der Waals surface area contributed by atoms with E-state index in [1.807, 2.05) is 39.0 Å². The van der Waals surface area contributed by atoms with E-state index in [-0.39, 0.29) is 25.7 Å². The van der Waals surface area contributed by atoms with E-state index in [2.05, 4.69) is 23.1 Å². The molecule has 0 unspecified atom stereocenters. The second-order valence-corrected chi connectivity index (χ2v) is 11.6. The number of aromatic nitrogens is 4. The maximum absolute atomic E-state index is 12.5. The fourth-order valence-corrected chi connectivity index (χ4v) is 6.54. The highest BCUT2D eigenvalue weighted by molar-refractivity contribution is 5.94. The van der Waals surface area contributed by atoms with Crippen LogP contribution in [0.5, 0.6) is 0 Å². The third-order valence-corrected chi connectivity index (χ3v) is 9.15. The lowest BCUT2D eigenvalue weighted by molar-refractivity contribution is -0.179. The Morgan fingerprint density at radius 2 is 1.58 bits per heavy atom. The Kier molecular flexibility index (Phi) is 6.54. The Morgan fingerprint density at radius 1 is 0.953 bits per heavy atom. The van der Waals surface area contributed by atoms with E-state index in [9.17, 15) is 19.8 Å². The molecule has 3 aromatic heterocycles. The van der Waals surface area contributed by atoms with Crippen LogP contribution < -0.4 is 0 Å². The first-order valence-corrected chi connectivity index (χ1v) is 14.3. The number of aliphatic hydroxyl groups is 1. The predicted molar refractivity (Wildman–Crippen MR) is 167 cm³/mol. The van der Waals surface area contributed by atoms with Gasteiger partial charge in [-0.15, -0.1) is 0 Å². The summed E-state index contributed by atoms with van der Waals surface area (Å²) in [6.45, 7) is 15.6. The molecule has 6 rings (SSSR count). The van der Waals surface area contributed by atoms with Crippen LogP contribution >= 0.6 is 0 Å². The lowest BCUT2D eigenvalue weighted by Crippen LogP contribution is -2.43. The van der Waals surface area contributed by atoms with Crippen molar-refractivity contribution in [1.29, 1.82) is 0 Å². The van der Waals surface area contributed by atoms with Gasteiger partial charge in [0.2, 0.25) is 0 Å². The van der Waals surface area contributed by atoms with Gasteiger partial charge in [-0.05, 0) is 80.7 Å². The topological polar surface area (TPSA) is 141 Å². The number of rotatable bonds is 5. The zero-order valence-corrected chi connectivity index (χ0v) is 24.7. The first kappa shape index (κ1) is 28.4. The maximum atomic E-state index is 12.5. The third-order valence-electron chi connectivity index (χ3n) is 9.15. The van der Waals surface area contributed by atoms with Gasteiger partial charge in [-0.2, -0.15) is 0 Å². The molecule has 1 saturated heterocycles. The van der Waals surface area contributed by atoms with Gasteiger partial charge in [0, 0.05) is 52.5 Å². The molecule has 0 aromatic carbocycles. The van der Waals surface area contributed by atoms with Gasteiger partial charge in [-0.3, -0.25) is 14.6 Å². The van der Waals surface area contributed by atoms with E-state index in [1.54, 1.807) is 25.1 Å². The molecule has 8 bridgehead atoms. The molecular weight excluding hydrogens is 544 g/mol. The molecule has 6 heterocycles. The number of carbonyl (C=O) groups is 2. The Balaban J connectivity index is 1.79. The van der Waals surface area contributed by atoms with Crippen LogP contribution in [-0.2, 0) is 25.5 Å². The summed E-state index contributed by atoms with van der Waals surface area (Å²) in [4.78, 5) is 40.9. The van der Waals surface area contributed by atoms with Gasteiger partial charge in [0.05, 0.1) is 22.8 Å². The smallest absolute Gasteiger partial charge is 0.307 e. The number of aromatic amines is 2. The quantitative estimate of drug-likeness (QED) is 0.255. The maximum Gasteiger partial charge on any atom is 0.307 e. The minimum Gasteiger partial charge on any atom is -0.481 e. The van der Waals surface area contributed by atoms with Gasteiger partial charge < -0.3 is 24.9 Å². The van der Waals surface area contributed by atoms with Gasteiger partial charge in [0.25, 0.3) is 0 Å². The average Bonchev–Trinajstić information content (AvgIpc) is 3.69. The van der Waals surface area contributed by atoms with Crippen molar-refractivity contribution in [2.24, 2.45) is 0 Å². The molecule has 43 heavy (non-hydrogen) atoms. The largest absolute Gasteiger partial charge is 0.481 e. The average molecular weight is 579 g/mol. The molecule has 0 saturated carbocycles. The highest BCUT2D eigenvalue weighted by Crippen LogP contribution is 2.53. The van der Waals surface area contributed by atoms with Crippen molar-refractivity contribution >= 4 is 57.3 Å². The van der Waals surface area contributed by atoms with Crippen molar-refractivity contribution in [3.8, 4) is 0 Å². The Labute approximate surface area is 248 Å². The van der Waals surface area contributed by atoms with Gasteiger partial charge in [-0.25, -0.2) is 4.98 Å². The minimum absolute atomic E-state index is 0.0812. The molecule has 3 aliphatic rings. The zero-order chi connectivity index (χ0) is 30.8. The van der Waals surface area contributed by atoms with Crippen LogP contribution in [0.25, 0.3) is 45.4 Å². The summed E-state index contributed by atoms with van der Waals surface area (Å²) in [6.07, 6.45) is 4.11. The van der Waals surface area contributed by atoms with Gasteiger partial charge in [-0.1, -0.05) is 25.3 Å². The van der Waals surface area contributed by atoms with Crippen molar-refractivity contribution in [3.63, 3.8) is 0 Å². The van der Waals surface area contributed by atoms with Gasteiger partial charge in [0.1, 0.15) is 5.60 Å². The van der Waals surface area contributed by atoms with E-state index >= 15 is 0 Å². The summed E-state index contributed by atoms with van der Waals surface area (Å²) in [5, 5.41) is 21.5. The van der Waals surface area contributed by atoms with Crippen molar-refractivity contribution in [2.45, 2.75) is 64.6 Å². The monoisotopic (exact) mass is 578 g/mol. The summed E-state index contributed by atoms with van der Waals surface area (Å²) in [6, 6.07) is 7.48. The van der Waals surface area contributed by atoms with E-state index in [0.717, 1.165) is 50.0 Å². The number of nitrogens with zero attached hydrogens (tertiary/aromatic N) is 2. The number of carbonyl (C=O) groups excluding carboxylic acids is 1. The molecule has 3 aromatic rings. The van der Waals surface area contributed by atoms with Crippen LogP contribution in [0.1, 0.15) is 84.6 Å². The highest BCUT2D eigenvalue weighted by atomic mass is 16.6. The summed E-state index contributed by atoms with van der Waals surface area (Å²) in [7, 11) is 0. The molecule has 9 heteroatoms. The first-order chi connectivity index (χ1) is 20.4. The molecule has 4 N–H and O–H groups in total. The summed E-state index contributed by atoms with van der Waals surface area (Å²) in [5.41, 5.74) is 7.45. The second kappa shape index (κ2) is 9.91. The molecule has 0 aliphatic carbocycles. The molecule has 220 valence electrons. The molecule has 0 radical (unpaired) electrons. The third kappa shape index (κ3) is 4.26. The minimum atomic E-state index is -1.65. The van der Waals surface area contributed by atoms with Crippen molar-refractivity contribution in [2.75, 3.05) is 0 Å². The summed E-state index contributed by atoms with van der Waals surface area (Å²) >= 11 is 0. The number of carboxylic acid groups (broad SMARTS) is 1. The van der Waals surface area contributed by atoms with Crippen LogP contribution in [-0.4, -0.2) is 42.1 Å². The van der Waals surface area contributed by atoms with Crippen LogP contribution in [0.15, 0.2) is 37.4 Å². The van der Waals surface area contributed by atoms with E-state index < -0.39 is 23.1 Å². The molecule has 0 amide bonds. The van der Waals surface area contributed by atoms with E-state index in [4.69, 9.17) is 14.7 Å². The number of ether oxygens (including phenoxy) is 1. The summed E-state index contributed by atoms with van der Waals surface area (Å²) < 4.78 is 5.90. The highest BCUT2D eigenvalue weighted by Gasteiger charge is 2.61. The summed E-state index contributed by atoms with van der Waals surface area (Å²) in [5.74, 6) is -1.34. The van der Waals surface area contributed by atoms with Crippen LogP contribution in [0, 0.1) is 13.8 Å². The molecule has 1 spiro atoms. The van der Waals surface area contributed by atoms with Gasteiger partial charge >= 0.3 is 11.9 Å². The predicted octanol–water partition coefficient (Wildman–Crippen LogP) is 6.45. The fraction of sp³-hybridized carbons (Fsp3) is 0.294. The Hall–Kier alpha value is -4.76. The molecule has 9 nitrogen and oxygen atoms in total. The number of aryl methyl sites for hydroxylation is 2. The Morgan fingerprint density at radius 3 is 2.16 bits per heavy atom. The molecule has 2 atom stereocenters. The lowest BCUT2D eigenvalue weighted by Gasteiger charge is -2.34. The van der Waals surface area contributed by atoms with Crippen LogP contribution in [0.2, 0.25) is 0 Å². The lowest BCUT2D eigenvalue weighted by atomic mass is 9.79. The SMILES string of the molecule is C=Cc1c(C)c2cc3[nH]c(cc4nc(cc5nc(cc1[nH]2)[C@](C)(O)[C@]51CCC(=O)O1)C(CCC(=O)O)=C4C)c(C)c3C=C. The van der Waals surface area contributed by atoms with E-state index in [1.165, 1.54) is 0 Å². The van der Waals surface area contributed by atoms with Crippen molar-refractivity contribution in [1.82, 2.24) is 19.9 Å². The number of esters is 1. The number of carboxylic acids is 1. The zero-order valence-electron chi connectivity index (χ0n) is 24.7. The number of hydrogen-bond acceptors (Lipinski definition) is 6. The number of H-pyrrole nitrogens is 2. The number of nitrogens with one attached hydrogen (secondary N) is 2. The first-order valence-electron chi connectivity index (χ1n) is 14.3. The fourth-order valence-electron chi connectivity index (χ4n) is 6.54. The number of allylic oxidation sites excluding steroid dienone is 2. The molecule has 3 aliphatic heterocycles. The van der Waals surface area contributed by atoms with Gasteiger partial charge in [0.15, 0.2) is 5.60 Å². The van der Waals surface area contributed by atoms with Crippen LogP contribution in [0.4, 0.5) is 0 Å². The molecular formula is C34H34N4O5. The second-order valence-electron chi connectivity index (χ2n) is 11.6. The number of fused-ring (bicyclic) bond motifs is 9. The van der Waals surface area contributed by atoms with E-state index in [0.29, 0.717) is 28.3 Å².